The Balaban J connectivity index is 2.22. The van der Waals surface area contributed by atoms with Crippen LogP contribution in [0.4, 0.5) is 4.39 Å². The highest BCUT2D eigenvalue weighted by Gasteiger charge is 2.22. The molecule has 10 heteroatoms. The van der Waals surface area contributed by atoms with Crippen LogP contribution in [0.2, 0.25) is 0 Å². The summed E-state index contributed by atoms with van der Waals surface area (Å²) in [6.07, 6.45) is 0.637. The molecule has 0 aliphatic heterocycles. The topological polar surface area (TPSA) is 104 Å². The van der Waals surface area contributed by atoms with Gasteiger partial charge in [-0.3, -0.25) is 14.2 Å². The van der Waals surface area contributed by atoms with Crippen LogP contribution in [0.15, 0.2) is 52.1 Å². The molecule has 2 aromatic carbocycles. The van der Waals surface area contributed by atoms with Crippen molar-refractivity contribution in [1.82, 2.24) is 19.7 Å². The third kappa shape index (κ3) is 5.11. The second-order valence-electron chi connectivity index (χ2n) is 7.39. The van der Waals surface area contributed by atoms with Gasteiger partial charge in [-0.15, -0.1) is 0 Å². The van der Waals surface area contributed by atoms with Gasteiger partial charge >= 0.3 is 5.69 Å². The van der Waals surface area contributed by atoms with E-state index in [1.165, 1.54) is 38.5 Å². The van der Waals surface area contributed by atoms with Crippen molar-refractivity contribution in [3.63, 3.8) is 0 Å². The maximum Gasteiger partial charge on any atom is 0.352 e. The van der Waals surface area contributed by atoms with Gasteiger partial charge in [0, 0.05) is 12.1 Å². The molecule has 1 atom stereocenters. The fraction of sp³-hybridized carbons (Fsp3) is 0.304. The summed E-state index contributed by atoms with van der Waals surface area (Å²) in [5.74, 6) is -0.463. The first-order chi connectivity index (χ1) is 15.8. The highest BCUT2D eigenvalue weighted by molar-refractivity contribution is 5.91. The number of methoxy groups -OCH3 is 2. The molecule has 0 bridgehead atoms. The smallest absolute Gasteiger partial charge is 0.352 e. The Morgan fingerprint density at radius 3 is 2.48 bits per heavy atom. The van der Waals surface area contributed by atoms with Crippen molar-refractivity contribution in [3.05, 3.63) is 80.4 Å². The summed E-state index contributed by atoms with van der Waals surface area (Å²) in [6, 6.07) is 9.93. The molecule has 33 heavy (non-hydrogen) atoms. The van der Waals surface area contributed by atoms with E-state index < -0.39 is 28.7 Å². The molecule has 0 fully saturated rings. The summed E-state index contributed by atoms with van der Waals surface area (Å²) in [4.78, 5) is 39.1. The van der Waals surface area contributed by atoms with Crippen molar-refractivity contribution in [1.29, 1.82) is 0 Å². The second kappa shape index (κ2) is 10.1. The number of amides is 1. The van der Waals surface area contributed by atoms with Crippen molar-refractivity contribution < 1.29 is 18.7 Å². The van der Waals surface area contributed by atoms with E-state index >= 15 is 0 Å². The number of aromatic nitrogens is 3. The molecule has 0 aliphatic carbocycles. The Bertz CT molecular complexity index is 1280. The number of carbonyl (C=O) groups excluding carboxylic acids is 1. The Hall–Kier alpha value is -3.95. The van der Waals surface area contributed by atoms with Gasteiger partial charge in [-0.1, -0.05) is 19.1 Å². The quantitative estimate of drug-likeness (QED) is 0.557. The molecule has 0 saturated carbocycles. The average molecular weight is 456 g/mol. The average Bonchev–Trinajstić information content (AvgIpc) is 2.81. The number of hydrogen-bond donors (Lipinski definition) is 1. The van der Waals surface area contributed by atoms with E-state index in [1.807, 2.05) is 6.92 Å². The number of halogens is 1. The Morgan fingerprint density at radius 1 is 1.12 bits per heavy atom. The van der Waals surface area contributed by atoms with E-state index in [9.17, 15) is 18.8 Å². The molecule has 174 valence electrons. The predicted molar refractivity (Wildman–Crippen MR) is 120 cm³/mol. The number of ether oxygens (including phenoxy) is 2. The molecule has 1 unspecified atom stereocenters. The zero-order valence-electron chi connectivity index (χ0n) is 18.8. The van der Waals surface area contributed by atoms with Crippen LogP contribution in [-0.2, 0) is 6.54 Å². The lowest BCUT2D eigenvalue weighted by atomic mass is 10.2. The van der Waals surface area contributed by atoms with E-state index in [1.54, 1.807) is 25.1 Å². The van der Waals surface area contributed by atoms with Gasteiger partial charge in [-0.2, -0.15) is 9.78 Å². The molecule has 1 N–H and O–H groups in total. The summed E-state index contributed by atoms with van der Waals surface area (Å²) in [5.41, 5.74) is -1.49. The number of nitrogens with zero attached hydrogens (tertiary/aromatic N) is 3. The Morgan fingerprint density at radius 2 is 1.85 bits per heavy atom. The number of rotatable bonds is 8. The monoisotopic (exact) mass is 456 g/mol. The largest absolute Gasteiger partial charge is 0.493 e. The van der Waals surface area contributed by atoms with Crippen molar-refractivity contribution in [3.8, 4) is 17.2 Å². The van der Waals surface area contributed by atoms with E-state index in [0.29, 0.717) is 23.5 Å². The SMILES string of the molecule is CCC(C)NC(=O)c1nn(-c2ccc(OC)c(OC)c2)c(=O)n(Cc2cccc(F)c2)c1=O. The zero-order valence-corrected chi connectivity index (χ0v) is 18.8. The van der Waals surface area contributed by atoms with Gasteiger partial charge in [0.15, 0.2) is 11.5 Å². The van der Waals surface area contributed by atoms with Crippen molar-refractivity contribution >= 4 is 5.91 Å². The normalized spacial score (nSPS) is 11.7. The molecule has 1 amide bonds. The number of carbonyl (C=O) groups is 1. The molecule has 0 saturated heterocycles. The number of hydrogen-bond acceptors (Lipinski definition) is 6. The van der Waals surface area contributed by atoms with Crippen molar-refractivity contribution in [2.45, 2.75) is 32.9 Å². The van der Waals surface area contributed by atoms with Crippen LogP contribution < -0.4 is 26.0 Å². The maximum atomic E-state index is 13.7. The van der Waals surface area contributed by atoms with Crippen molar-refractivity contribution in [2.24, 2.45) is 0 Å². The molecular formula is C23H25FN4O5. The summed E-state index contributed by atoms with van der Waals surface area (Å²) < 4.78 is 26.0. The fourth-order valence-corrected chi connectivity index (χ4v) is 3.13. The molecule has 3 rings (SSSR count). The van der Waals surface area contributed by atoms with Gasteiger partial charge in [0.25, 0.3) is 11.5 Å². The lowest BCUT2D eigenvalue weighted by Crippen LogP contribution is -2.47. The summed E-state index contributed by atoms with van der Waals surface area (Å²) in [7, 11) is 2.91. The molecule has 0 aliphatic rings. The molecule has 1 aromatic heterocycles. The number of benzene rings is 2. The molecule has 1 heterocycles. The Labute approximate surface area is 189 Å². The second-order valence-corrected chi connectivity index (χ2v) is 7.39. The molecule has 0 spiro atoms. The predicted octanol–water partition coefficient (Wildman–Crippen LogP) is 2.13. The van der Waals surface area contributed by atoms with Gasteiger partial charge in [-0.05, 0) is 43.2 Å². The minimum absolute atomic E-state index is 0.211. The van der Waals surface area contributed by atoms with Gasteiger partial charge in [-0.25, -0.2) is 9.18 Å². The van der Waals surface area contributed by atoms with Gasteiger partial charge < -0.3 is 14.8 Å². The first-order valence-electron chi connectivity index (χ1n) is 10.3. The highest BCUT2D eigenvalue weighted by atomic mass is 19.1. The van der Waals surface area contributed by atoms with Gasteiger partial charge in [0.1, 0.15) is 5.82 Å². The summed E-state index contributed by atoms with van der Waals surface area (Å²) in [6.45, 7) is 3.42. The van der Waals surface area contributed by atoms with E-state index in [4.69, 9.17) is 9.47 Å². The van der Waals surface area contributed by atoms with Crippen LogP contribution in [0, 0.1) is 5.82 Å². The minimum atomic E-state index is -0.873. The molecular weight excluding hydrogens is 431 g/mol. The van der Waals surface area contributed by atoms with Crippen LogP contribution in [-0.4, -0.2) is 40.5 Å². The Kier molecular flexibility index (Phi) is 7.27. The van der Waals surface area contributed by atoms with Crippen LogP contribution in [0.25, 0.3) is 5.69 Å². The number of nitrogens with one attached hydrogen (secondary N) is 1. The third-order valence-electron chi connectivity index (χ3n) is 5.11. The van der Waals surface area contributed by atoms with Crippen LogP contribution in [0.1, 0.15) is 36.3 Å². The first kappa shape index (κ1) is 23.7. The van der Waals surface area contributed by atoms with Crippen LogP contribution in [0.5, 0.6) is 11.5 Å². The van der Waals surface area contributed by atoms with Gasteiger partial charge in [0.05, 0.1) is 26.5 Å². The molecule has 0 radical (unpaired) electrons. The maximum absolute atomic E-state index is 13.7. The van der Waals surface area contributed by atoms with Crippen LogP contribution in [0.3, 0.4) is 0 Å². The van der Waals surface area contributed by atoms with Crippen LogP contribution >= 0.6 is 0 Å². The van der Waals surface area contributed by atoms with Gasteiger partial charge in [0.2, 0.25) is 5.69 Å². The van der Waals surface area contributed by atoms with Crippen molar-refractivity contribution in [2.75, 3.05) is 14.2 Å². The fourth-order valence-electron chi connectivity index (χ4n) is 3.13. The van der Waals surface area contributed by atoms with E-state index in [-0.39, 0.29) is 18.3 Å². The highest BCUT2D eigenvalue weighted by Crippen LogP contribution is 2.28. The minimum Gasteiger partial charge on any atom is -0.493 e. The summed E-state index contributed by atoms with van der Waals surface area (Å²) in [5, 5.41) is 6.76. The lowest BCUT2D eigenvalue weighted by molar-refractivity contribution is 0.0929. The first-order valence-corrected chi connectivity index (χ1v) is 10.3. The lowest BCUT2D eigenvalue weighted by Gasteiger charge is -2.15. The van der Waals surface area contributed by atoms with E-state index in [2.05, 4.69) is 10.4 Å². The molecule has 9 nitrogen and oxygen atoms in total. The zero-order chi connectivity index (χ0) is 24.1. The molecule has 3 aromatic rings. The summed E-state index contributed by atoms with van der Waals surface area (Å²) >= 11 is 0. The van der Waals surface area contributed by atoms with E-state index in [0.717, 1.165) is 9.25 Å². The third-order valence-corrected chi connectivity index (χ3v) is 5.11. The standard InChI is InChI=1S/C23H25FN4O5/c1-5-14(2)25-21(29)20-22(30)27(13-15-7-6-8-16(24)11-15)23(31)28(26-20)17-9-10-18(32-3)19(12-17)33-4/h6-12,14H,5,13H2,1-4H3,(H,25,29).